The topological polar surface area (TPSA) is 26.2 Å². The summed E-state index contributed by atoms with van der Waals surface area (Å²) in [4.78, 5) is 0. The van der Waals surface area contributed by atoms with Gasteiger partial charge in [0.05, 0.1) is 0 Å². The highest BCUT2D eigenvalue weighted by atomic mass is 16.5. The lowest BCUT2D eigenvalue weighted by Gasteiger charge is -2.09. The molecule has 3 nitrogen and oxygen atoms in total. The maximum absolute atomic E-state index is 5.46. The smallest absolute Gasteiger partial charge is 0.0485 e. The molecule has 0 aliphatic rings. The zero-order chi connectivity index (χ0) is 15.2. The summed E-state index contributed by atoms with van der Waals surface area (Å²) in [6.45, 7) is 13.3. The van der Waals surface area contributed by atoms with Gasteiger partial charge in [-0.05, 0) is 57.0 Å². The zero-order valence-electron chi connectivity index (χ0n) is 13.8. The number of hydrogen-bond acceptors (Lipinski definition) is 2. The highest BCUT2D eigenvalue weighted by molar-refractivity contribution is 5.86. The second-order valence-corrected chi connectivity index (χ2v) is 5.54. The lowest BCUT2D eigenvalue weighted by Crippen LogP contribution is -2.11. The molecule has 2 aromatic rings. The summed E-state index contributed by atoms with van der Waals surface area (Å²) in [7, 11) is 0. The first-order valence-electron chi connectivity index (χ1n) is 8.05. The molecule has 0 fully saturated rings. The Morgan fingerprint density at radius 1 is 1.19 bits per heavy atom. The molecule has 1 N–H and O–H groups in total. The molecule has 3 heteroatoms. The van der Waals surface area contributed by atoms with Gasteiger partial charge in [0.2, 0.25) is 0 Å². The fourth-order valence-electron chi connectivity index (χ4n) is 2.83. The van der Waals surface area contributed by atoms with E-state index in [1.54, 1.807) is 0 Å². The van der Waals surface area contributed by atoms with Crippen LogP contribution in [0.15, 0.2) is 18.2 Å². The first-order chi connectivity index (χ1) is 10.2. The van der Waals surface area contributed by atoms with Crippen molar-refractivity contribution >= 4 is 10.9 Å². The number of rotatable bonds is 8. The summed E-state index contributed by atoms with van der Waals surface area (Å²) in [5.74, 6) is 0. The molecule has 0 saturated carbocycles. The molecule has 0 aliphatic heterocycles. The van der Waals surface area contributed by atoms with Gasteiger partial charge in [-0.3, -0.25) is 0 Å². The summed E-state index contributed by atoms with van der Waals surface area (Å²) in [6, 6.07) is 6.84. The van der Waals surface area contributed by atoms with E-state index in [9.17, 15) is 0 Å². The molecule has 21 heavy (non-hydrogen) atoms. The quantitative estimate of drug-likeness (QED) is 0.748. The van der Waals surface area contributed by atoms with E-state index in [4.69, 9.17) is 4.74 Å². The lowest BCUT2D eigenvalue weighted by atomic mass is 10.1. The minimum absolute atomic E-state index is 0.804. The molecule has 1 aromatic heterocycles. The molecule has 0 bridgehead atoms. The average molecular weight is 288 g/mol. The number of aryl methyl sites for hydroxylation is 2. The highest BCUT2D eigenvalue weighted by Crippen LogP contribution is 2.26. The maximum Gasteiger partial charge on any atom is 0.0485 e. The van der Waals surface area contributed by atoms with Gasteiger partial charge in [-0.1, -0.05) is 13.0 Å². The van der Waals surface area contributed by atoms with Crippen LogP contribution in [0.2, 0.25) is 0 Å². The summed E-state index contributed by atoms with van der Waals surface area (Å²) in [5, 5.41) is 4.78. The number of nitrogens with one attached hydrogen (secondary N) is 1. The summed E-state index contributed by atoms with van der Waals surface area (Å²) in [5.41, 5.74) is 5.49. The number of hydrogen-bond donors (Lipinski definition) is 1. The molecular weight excluding hydrogens is 260 g/mol. The van der Waals surface area contributed by atoms with Gasteiger partial charge in [0, 0.05) is 42.9 Å². The Balaban J connectivity index is 2.23. The average Bonchev–Trinajstić information content (AvgIpc) is 2.74. The van der Waals surface area contributed by atoms with Crippen molar-refractivity contribution in [1.29, 1.82) is 0 Å². The van der Waals surface area contributed by atoms with Gasteiger partial charge < -0.3 is 14.6 Å². The van der Waals surface area contributed by atoms with Gasteiger partial charge in [-0.2, -0.15) is 0 Å². The molecule has 0 radical (unpaired) electrons. The van der Waals surface area contributed by atoms with Crippen molar-refractivity contribution in [3.05, 3.63) is 35.0 Å². The summed E-state index contributed by atoms with van der Waals surface area (Å²) >= 11 is 0. The predicted molar refractivity (Wildman–Crippen MR) is 89.9 cm³/mol. The van der Waals surface area contributed by atoms with Crippen LogP contribution in [0, 0.1) is 13.8 Å². The molecule has 0 atom stereocenters. The van der Waals surface area contributed by atoms with Gasteiger partial charge >= 0.3 is 0 Å². The van der Waals surface area contributed by atoms with E-state index in [-0.39, 0.29) is 0 Å². The van der Waals surface area contributed by atoms with Crippen molar-refractivity contribution in [2.45, 2.75) is 47.2 Å². The zero-order valence-corrected chi connectivity index (χ0v) is 13.8. The second-order valence-electron chi connectivity index (χ2n) is 5.54. The Kier molecular flexibility index (Phi) is 5.83. The maximum atomic E-state index is 5.46. The molecule has 0 unspecified atom stereocenters. The van der Waals surface area contributed by atoms with Gasteiger partial charge in [0.1, 0.15) is 0 Å². The predicted octanol–water partition coefficient (Wildman–Crippen LogP) is 3.79. The van der Waals surface area contributed by atoms with Crippen LogP contribution >= 0.6 is 0 Å². The van der Waals surface area contributed by atoms with Gasteiger partial charge in [0.25, 0.3) is 0 Å². The van der Waals surface area contributed by atoms with Gasteiger partial charge in [-0.15, -0.1) is 0 Å². The van der Waals surface area contributed by atoms with Crippen LogP contribution in [0.1, 0.15) is 37.1 Å². The fourth-order valence-corrected chi connectivity index (χ4v) is 2.83. The second kappa shape index (κ2) is 7.62. The van der Waals surface area contributed by atoms with E-state index in [0.29, 0.717) is 0 Å². The molecule has 0 saturated heterocycles. The number of aromatic nitrogens is 1. The highest BCUT2D eigenvalue weighted by Gasteiger charge is 2.11. The summed E-state index contributed by atoms with van der Waals surface area (Å²) < 4.78 is 7.89. The molecular formula is C18H28N2O. The van der Waals surface area contributed by atoms with E-state index in [2.05, 4.69) is 48.9 Å². The lowest BCUT2D eigenvalue weighted by molar-refractivity contribution is 0.142. The van der Waals surface area contributed by atoms with Crippen LogP contribution in [0.3, 0.4) is 0 Å². The SMILES string of the molecule is CCNCc1ccc2c(c1)c(C)c(C)n2CCCOCC. The first kappa shape index (κ1) is 16.1. The van der Waals surface area contributed by atoms with Crippen molar-refractivity contribution in [1.82, 2.24) is 9.88 Å². The molecule has 0 spiro atoms. The third-order valence-electron chi connectivity index (χ3n) is 4.16. The fraction of sp³-hybridized carbons (Fsp3) is 0.556. The number of fused-ring (bicyclic) bond motifs is 1. The van der Waals surface area contributed by atoms with Crippen LogP contribution in [0.4, 0.5) is 0 Å². The van der Waals surface area contributed by atoms with E-state index in [1.165, 1.54) is 27.7 Å². The van der Waals surface area contributed by atoms with E-state index < -0.39 is 0 Å². The molecule has 0 amide bonds. The van der Waals surface area contributed by atoms with Crippen molar-refractivity contribution in [3.8, 4) is 0 Å². The van der Waals surface area contributed by atoms with Crippen molar-refractivity contribution in [3.63, 3.8) is 0 Å². The first-order valence-corrected chi connectivity index (χ1v) is 8.05. The number of ether oxygens (including phenoxy) is 1. The molecule has 1 aromatic carbocycles. The monoisotopic (exact) mass is 288 g/mol. The Morgan fingerprint density at radius 2 is 2.00 bits per heavy atom. The third kappa shape index (κ3) is 3.66. The van der Waals surface area contributed by atoms with Crippen LogP contribution in [-0.2, 0) is 17.8 Å². The van der Waals surface area contributed by atoms with Crippen molar-refractivity contribution in [2.75, 3.05) is 19.8 Å². The third-order valence-corrected chi connectivity index (χ3v) is 4.16. The van der Waals surface area contributed by atoms with Crippen LogP contribution in [-0.4, -0.2) is 24.3 Å². The standard InChI is InChI=1S/C18H28N2O/c1-5-19-13-16-8-9-18-17(12-16)14(3)15(4)20(18)10-7-11-21-6-2/h8-9,12,19H,5-7,10-11,13H2,1-4H3. The van der Waals surface area contributed by atoms with E-state index in [0.717, 1.165) is 39.3 Å². The van der Waals surface area contributed by atoms with E-state index >= 15 is 0 Å². The minimum Gasteiger partial charge on any atom is -0.382 e. The Hall–Kier alpha value is -1.32. The molecule has 2 rings (SSSR count). The minimum atomic E-state index is 0.804. The normalized spacial score (nSPS) is 11.4. The van der Waals surface area contributed by atoms with Gasteiger partial charge in [-0.25, -0.2) is 0 Å². The van der Waals surface area contributed by atoms with E-state index in [1.807, 2.05) is 6.92 Å². The van der Waals surface area contributed by atoms with Gasteiger partial charge in [0.15, 0.2) is 0 Å². The number of nitrogens with zero attached hydrogens (tertiary/aromatic N) is 1. The van der Waals surface area contributed by atoms with Crippen LogP contribution in [0.25, 0.3) is 10.9 Å². The van der Waals surface area contributed by atoms with Crippen molar-refractivity contribution < 1.29 is 4.74 Å². The number of benzene rings is 1. The molecule has 1 heterocycles. The molecule has 0 aliphatic carbocycles. The Labute approximate surface area is 128 Å². The van der Waals surface area contributed by atoms with Crippen LogP contribution in [0.5, 0.6) is 0 Å². The Morgan fingerprint density at radius 3 is 2.71 bits per heavy atom. The summed E-state index contributed by atoms with van der Waals surface area (Å²) in [6.07, 6.45) is 1.07. The Bertz CT molecular complexity index is 586. The van der Waals surface area contributed by atoms with Crippen molar-refractivity contribution in [2.24, 2.45) is 0 Å². The van der Waals surface area contributed by atoms with Crippen LogP contribution < -0.4 is 5.32 Å². The molecule has 116 valence electrons. The largest absolute Gasteiger partial charge is 0.382 e.